The third kappa shape index (κ3) is 8.28. The number of unbranched alkanes of at least 4 members (excludes halogenated alkanes) is 5. The Kier molecular flexibility index (Phi) is 10.3. The standard InChI is InChI=1S/C11H26NO3P/c1-4-5-6-7-8-9-10-12-11-16(13,14-2)15-3/h12H,4-11H2,1-3H3. The van der Waals surface area contributed by atoms with E-state index in [-0.39, 0.29) is 0 Å². The molecule has 5 heteroatoms. The van der Waals surface area contributed by atoms with E-state index in [0.717, 1.165) is 13.0 Å². The lowest BCUT2D eigenvalue weighted by Crippen LogP contribution is -2.18. The zero-order valence-corrected chi connectivity index (χ0v) is 11.7. The highest BCUT2D eigenvalue weighted by atomic mass is 31.2. The summed E-state index contributed by atoms with van der Waals surface area (Å²) in [7, 11) is -0.0317. The molecule has 0 heterocycles. The van der Waals surface area contributed by atoms with E-state index in [1.807, 2.05) is 0 Å². The summed E-state index contributed by atoms with van der Waals surface area (Å²) in [5, 5.41) is 3.11. The van der Waals surface area contributed by atoms with Crippen molar-refractivity contribution in [2.45, 2.75) is 45.4 Å². The molecule has 0 bridgehead atoms. The molecule has 98 valence electrons. The van der Waals surface area contributed by atoms with E-state index in [4.69, 9.17) is 9.05 Å². The molecule has 0 aliphatic carbocycles. The first-order valence-electron chi connectivity index (χ1n) is 6.09. The Balaban J connectivity index is 3.29. The third-order valence-corrected chi connectivity index (χ3v) is 4.29. The molecular weight excluding hydrogens is 225 g/mol. The molecule has 0 saturated carbocycles. The summed E-state index contributed by atoms with van der Waals surface area (Å²) in [6.45, 7) is 3.09. The van der Waals surface area contributed by atoms with Gasteiger partial charge in [-0.05, 0) is 13.0 Å². The molecule has 0 amide bonds. The van der Waals surface area contributed by atoms with Gasteiger partial charge in [-0.2, -0.15) is 0 Å². The van der Waals surface area contributed by atoms with E-state index in [0.29, 0.717) is 6.29 Å². The highest BCUT2D eigenvalue weighted by Gasteiger charge is 2.19. The minimum absolute atomic E-state index is 0.301. The molecule has 0 spiro atoms. The van der Waals surface area contributed by atoms with Crippen molar-refractivity contribution in [3.63, 3.8) is 0 Å². The highest BCUT2D eigenvalue weighted by molar-refractivity contribution is 7.53. The van der Waals surface area contributed by atoms with Crippen LogP contribution in [0.3, 0.4) is 0 Å². The molecule has 0 radical (unpaired) electrons. The lowest BCUT2D eigenvalue weighted by atomic mass is 10.1. The molecule has 0 atom stereocenters. The lowest BCUT2D eigenvalue weighted by molar-refractivity contribution is 0.273. The van der Waals surface area contributed by atoms with Crippen molar-refractivity contribution in [2.24, 2.45) is 0 Å². The topological polar surface area (TPSA) is 47.6 Å². The van der Waals surface area contributed by atoms with Gasteiger partial charge in [0.25, 0.3) is 0 Å². The number of nitrogens with one attached hydrogen (secondary N) is 1. The summed E-state index contributed by atoms with van der Waals surface area (Å²) in [6, 6.07) is 0. The fraction of sp³-hybridized carbons (Fsp3) is 1.00. The van der Waals surface area contributed by atoms with Crippen LogP contribution in [0.15, 0.2) is 0 Å². The van der Waals surface area contributed by atoms with Crippen LogP contribution in [0.4, 0.5) is 0 Å². The van der Waals surface area contributed by atoms with Crippen LogP contribution in [0.25, 0.3) is 0 Å². The van der Waals surface area contributed by atoms with Crippen LogP contribution in [0.5, 0.6) is 0 Å². The molecule has 0 aliphatic heterocycles. The molecule has 0 aromatic heterocycles. The fourth-order valence-corrected chi connectivity index (χ4v) is 2.29. The molecule has 1 N–H and O–H groups in total. The third-order valence-electron chi connectivity index (χ3n) is 2.57. The van der Waals surface area contributed by atoms with E-state index in [1.165, 1.54) is 46.3 Å². The van der Waals surface area contributed by atoms with Gasteiger partial charge in [0.15, 0.2) is 0 Å². The van der Waals surface area contributed by atoms with Crippen molar-refractivity contribution in [3.8, 4) is 0 Å². The summed E-state index contributed by atoms with van der Waals surface area (Å²) in [6.07, 6.45) is 7.88. The van der Waals surface area contributed by atoms with Gasteiger partial charge in [-0.3, -0.25) is 4.57 Å². The predicted molar refractivity (Wildman–Crippen MR) is 67.9 cm³/mol. The molecule has 16 heavy (non-hydrogen) atoms. The van der Waals surface area contributed by atoms with Crippen molar-refractivity contribution in [1.82, 2.24) is 5.32 Å². The molecule has 0 rings (SSSR count). The monoisotopic (exact) mass is 251 g/mol. The molecule has 0 aromatic rings. The first-order valence-corrected chi connectivity index (χ1v) is 7.82. The normalized spacial score (nSPS) is 11.9. The Morgan fingerprint density at radius 2 is 1.56 bits per heavy atom. The van der Waals surface area contributed by atoms with Gasteiger partial charge in [-0.15, -0.1) is 0 Å². The second-order valence-electron chi connectivity index (χ2n) is 3.90. The van der Waals surface area contributed by atoms with Crippen LogP contribution in [-0.4, -0.2) is 27.1 Å². The maximum atomic E-state index is 11.6. The van der Waals surface area contributed by atoms with E-state index in [2.05, 4.69) is 12.2 Å². The SMILES string of the molecule is CCCCCCCCNCP(=O)(OC)OC. The second-order valence-corrected chi connectivity index (χ2v) is 6.17. The molecular formula is C11H26NO3P. The van der Waals surface area contributed by atoms with Crippen LogP contribution in [0, 0.1) is 0 Å². The maximum Gasteiger partial charge on any atom is 0.343 e. The van der Waals surface area contributed by atoms with Gasteiger partial charge in [0.1, 0.15) is 0 Å². The van der Waals surface area contributed by atoms with Crippen molar-refractivity contribution in [3.05, 3.63) is 0 Å². The van der Waals surface area contributed by atoms with Crippen LogP contribution < -0.4 is 5.32 Å². The van der Waals surface area contributed by atoms with E-state index >= 15 is 0 Å². The zero-order chi connectivity index (χ0) is 12.3. The first-order chi connectivity index (χ1) is 7.68. The van der Waals surface area contributed by atoms with Gasteiger partial charge in [0.05, 0.1) is 6.29 Å². The van der Waals surface area contributed by atoms with Crippen molar-refractivity contribution in [2.75, 3.05) is 27.1 Å². The smallest absolute Gasteiger partial charge is 0.311 e. The minimum atomic E-state index is -2.86. The molecule has 0 unspecified atom stereocenters. The van der Waals surface area contributed by atoms with E-state index < -0.39 is 7.60 Å². The first kappa shape index (κ1) is 16.1. The van der Waals surface area contributed by atoms with E-state index in [1.54, 1.807) is 0 Å². The molecule has 0 aromatic carbocycles. The Morgan fingerprint density at radius 1 is 1.00 bits per heavy atom. The van der Waals surface area contributed by atoms with Crippen molar-refractivity contribution >= 4 is 7.60 Å². The van der Waals surface area contributed by atoms with Gasteiger partial charge in [0.2, 0.25) is 0 Å². The summed E-state index contributed by atoms with van der Waals surface area (Å²) >= 11 is 0. The quantitative estimate of drug-likeness (QED) is 0.451. The van der Waals surface area contributed by atoms with Crippen LogP contribution >= 0.6 is 7.60 Å². The summed E-state index contributed by atoms with van der Waals surface area (Å²) in [5.41, 5.74) is 0. The van der Waals surface area contributed by atoms with Gasteiger partial charge in [0, 0.05) is 14.2 Å². The molecule has 0 fully saturated rings. The van der Waals surface area contributed by atoms with Gasteiger partial charge in [-0.25, -0.2) is 0 Å². The largest absolute Gasteiger partial charge is 0.343 e. The Hall–Kier alpha value is 0.110. The average molecular weight is 251 g/mol. The Bertz CT molecular complexity index is 192. The number of rotatable bonds is 11. The maximum absolute atomic E-state index is 11.6. The van der Waals surface area contributed by atoms with Crippen LogP contribution in [-0.2, 0) is 13.6 Å². The van der Waals surface area contributed by atoms with Crippen molar-refractivity contribution < 1.29 is 13.6 Å². The number of hydrogen-bond donors (Lipinski definition) is 1. The zero-order valence-electron chi connectivity index (χ0n) is 10.8. The highest BCUT2D eigenvalue weighted by Crippen LogP contribution is 2.44. The van der Waals surface area contributed by atoms with Crippen molar-refractivity contribution in [1.29, 1.82) is 0 Å². The Labute approximate surface area is 99.6 Å². The fourth-order valence-electron chi connectivity index (χ4n) is 1.45. The van der Waals surface area contributed by atoms with Crippen LogP contribution in [0.1, 0.15) is 45.4 Å². The predicted octanol–water partition coefficient (Wildman–Crippen LogP) is 3.38. The summed E-state index contributed by atoms with van der Waals surface area (Å²) in [5.74, 6) is 0. The lowest BCUT2D eigenvalue weighted by Gasteiger charge is -2.13. The number of hydrogen-bond acceptors (Lipinski definition) is 4. The molecule has 0 aliphatic rings. The molecule has 0 saturated heterocycles. The summed E-state index contributed by atoms with van der Waals surface area (Å²) in [4.78, 5) is 0. The van der Waals surface area contributed by atoms with Gasteiger partial charge in [-0.1, -0.05) is 39.0 Å². The van der Waals surface area contributed by atoms with Gasteiger partial charge >= 0.3 is 7.60 Å². The average Bonchev–Trinajstić information content (AvgIpc) is 2.32. The van der Waals surface area contributed by atoms with Gasteiger partial charge < -0.3 is 14.4 Å². The second kappa shape index (κ2) is 10.3. The van der Waals surface area contributed by atoms with Crippen LogP contribution in [0.2, 0.25) is 0 Å². The van der Waals surface area contributed by atoms with E-state index in [9.17, 15) is 4.57 Å². The molecule has 4 nitrogen and oxygen atoms in total. The minimum Gasteiger partial charge on any atom is -0.311 e. The summed E-state index contributed by atoms with van der Waals surface area (Å²) < 4.78 is 21.3. The Morgan fingerprint density at radius 3 is 2.12 bits per heavy atom.